The molecule has 0 unspecified atom stereocenters. The summed E-state index contributed by atoms with van der Waals surface area (Å²) in [4.78, 5) is 15.6. The van der Waals surface area contributed by atoms with Gasteiger partial charge in [-0.2, -0.15) is 4.98 Å². The fourth-order valence-corrected chi connectivity index (χ4v) is 2.57. The molecule has 0 bridgehead atoms. The summed E-state index contributed by atoms with van der Waals surface area (Å²) in [6.07, 6.45) is 4.84. The zero-order chi connectivity index (χ0) is 15.9. The van der Waals surface area contributed by atoms with E-state index in [1.165, 1.54) is 12.8 Å². The average molecular weight is 442 g/mol. The summed E-state index contributed by atoms with van der Waals surface area (Å²) < 4.78 is 5.26. The number of pyridine rings is 1. The van der Waals surface area contributed by atoms with E-state index in [-0.39, 0.29) is 24.0 Å². The summed E-state index contributed by atoms with van der Waals surface area (Å²) in [5.74, 6) is 2.10. The predicted molar refractivity (Wildman–Crippen MR) is 103 cm³/mol. The molecule has 1 saturated heterocycles. The Morgan fingerprint density at radius 1 is 1.33 bits per heavy atom. The van der Waals surface area contributed by atoms with Crippen molar-refractivity contribution in [1.29, 1.82) is 0 Å². The van der Waals surface area contributed by atoms with Crippen molar-refractivity contribution >= 4 is 29.9 Å². The minimum Gasteiger partial charge on any atom is -0.357 e. The number of aromatic nitrogens is 3. The molecule has 1 aliphatic rings. The van der Waals surface area contributed by atoms with Gasteiger partial charge in [0, 0.05) is 38.8 Å². The van der Waals surface area contributed by atoms with E-state index in [0.29, 0.717) is 30.4 Å². The van der Waals surface area contributed by atoms with E-state index in [0.717, 1.165) is 25.6 Å². The molecule has 1 aliphatic heterocycles. The lowest BCUT2D eigenvalue weighted by atomic mass is 10.3. The molecule has 0 radical (unpaired) electrons. The summed E-state index contributed by atoms with van der Waals surface area (Å²) in [6.45, 7) is 5.76. The van der Waals surface area contributed by atoms with Crippen molar-refractivity contribution in [3.63, 3.8) is 0 Å². The third-order valence-electron chi connectivity index (χ3n) is 3.69. The molecule has 2 aromatic heterocycles. The van der Waals surface area contributed by atoms with Gasteiger partial charge in [0.05, 0.1) is 0 Å². The number of nitrogens with zero attached hydrogens (tertiary/aromatic N) is 5. The highest BCUT2D eigenvalue weighted by molar-refractivity contribution is 14.0. The predicted octanol–water partition coefficient (Wildman–Crippen LogP) is 2.35. The summed E-state index contributed by atoms with van der Waals surface area (Å²) in [7, 11) is 0. The number of hydrogen-bond donors (Lipinski definition) is 1. The molecule has 8 heteroatoms. The lowest BCUT2D eigenvalue weighted by Gasteiger charge is -2.20. The van der Waals surface area contributed by atoms with Gasteiger partial charge in [-0.25, -0.2) is 0 Å². The number of hydrogen-bond acceptors (Lipinski definition) is 5. The number of rotatable bonds is 5. The maximum absolute atomic E-state index is 5.26. The number of guanidine groups is 1. The van der Waals surface area contributed by atoms with Crippen LogP contribution < -0.4 is 5.32 Å². The molecular weight excluding hydrogens is 419 g/mol. The molecule has 130 valence electrons. The van der Waals surface area contributed by atoms with Crippen molar-refractivity contribution < 1.29 is 4.52 Å². The van der Waals surface area contributed by atoms with E-state index >= 15 is 0 Å². The summed E-state index contributed by atoms with van der Waals surface area (Å²) >= 11 is 0. The Labute approximate surface area is 159 Å². The minimum absolute atomic E-state index is 0. The first-order valence-corrected chi connectivity index (χ1v) is 8.14. The first kappa shape index (κ1) is 18.6. The molecule has 0 atom stereocenters. The molecule has 0 spiro atoms. The zero-order valence-electron chi connectivity index (χ0n) is 13.8. The third-order valence-corrected chi connectivity index (χ3v) is 3.69. The average Bonchev–Trinajstić information content (AvgIpc) is 3.27. The van der Waals surface area contributed by atoms with Gasteiger partial charge in [-0.1, -0.05) is 11.2 Å². The Bertz CT molecular complexity index is 639. The van der Waals surface area contributed by atoms with Gasteiger partial charge in [-0.3, -0.25) is 9.98 Å². The van der Waals surface area contributed by atoms with Gasteiger partial charge in [-0.15, -0.1) is 24.0 Å². The highest BCUT2D eigenvalue weighted by Gasteiger charge is 2.15. The van der Waals surface area contributed by atoms with Crippen LogP contribution in [0.25, 0.3) is 11.6 Å². The second-order valence-corrected chi connectivity index (χ2v) is 5.41. The fourth-order valence-electron chi connectivity index (χ4n) is 2.57. The molecule has 0 aromatic carbocycles. The third kappa shape index (κ3) is 4.89. The molecule has 0 amide bonds. The Hall–Kier alpha value is -1.71. The Balaban J connectivity index is 0.00000208. The lowest BCUT2D eigenvalue weighted by Crippen LogP contribution is -2.39. The van der Waals surface area contributed by atoms with Crippen LogP contribution in [0.1, 0.15) is 25.6 Å². The molecule has 1 N–H and O–H groups in total. The molecule has 1 fully saturated rings. The SMILES string of the molecule is CCNC(=NCCc1noc(-c2ccccn2)n1)N1CCCC1.I. The van der Waals surface area contributed by atoms with Crippen LogP contribution in [-0.4, -0.2) is 52.2 Å². The van der Waals surface area contributed by atoms with Crippen LogP contribution in [0, 0.1) is 0 Å². The lowest BCUT2D eigenvalue weighted by molar-refractivity contribution is 0.421. The fraction of sp³-hybridized carbons (Fsp3) is 0.500. The highest BCUT2D eigenvalue weighted by atomic mass is 127. The van der Waals surface area contributed by atoms with Crippen LogP contribution in [0.2, 0.25) is 0 Å². The maximum atomic E-state index is 5.26. The smallest absolute Gasteiger partial charge is 0.276 e. The van der Waals surface area contributed by atoms with Crippen LogP contribution >= 0.6 is 24.0 Å². The first-order valence-electron chi connectivity index (χ1n) is 8.14. The number of nitrogens with one attached hydrogen (secondary N) is 1. The summed E-state index contributed by atoms with van der Waals surface area (Å²) in [5.41, 5.74) is 0.695. The molecule has 24 heavy (non-hydrogen) atoms. The summed E-state index contributed by atoms with van der Waals surface area (Å²) in [6, 6.07) is 5.61. The van der Waals surface area contributed by atoms with Gasteiger partial charge in [-0.05, 0) is 31.9 Å². The van der Waals surface area contributed by atoms with E-state index in [1.807, 2.05) is 18.2 Å². The van der Waals surface area contributed by atoms with Gasteiger partial charge < -0.3 is 14.7 Å². The quantitative estimate of drug-likeness (QED) is 0.435. The molecule has 0 aliphatic carbocycles. The largest absolute Gasteiger partial charge is 0.357 e. The van der Waals surface area contributed by atoms with Crippen molar-refractivity contribution in [2.24, 2.45) is 4.99 Å². The van der Waals surface area contributed by atoms with Gasteiger partial charge in [0.15, 0.2) is 11.8 Å². The van der Waals surface area contributed by atoms with Crippen LogP contribution in [0.5, 0.6) is 0 Å². The van der Waals surface area contributed by atoms with E-state index in [2.05, 4.69) is 37.3 Å². The van der Waals surface area contributed by atoms with Crippen molar-refractivity contribution in [2.75, 3.05) is 26.2 Å². The Kier molecular flexibility index (Phi) is 7.41. The zero-order valence-corrected chi connectivity index (χ0v) is 16.1. The van der Waals surface area contributed by atoms with Gasteiger partial charge >= 0.3 is 0 Å². The highest BCUT2D eigenvalue weighted by Crippen LogP contribution is 2.13. The second-order valence-electron chi connectivity index (χ2n) is 5.41. The topological polar surface area (TPSA) is 79.4 Å². The maximum Gasteiger partial charge on any atom is 0.276 e. The molecule has 3 heterocycles. The molecule has 3 rings (SSSR count). The Morgan fingerprint density at radius 3 is 2.88 bits per heavy atom. The Morgan fingerprint density at radius 2 is 2.17 bits per heavy atom. The van der Waals surface area contributed by atoms with Crippen molar-refractivity contribution in [2.45, 2.75) is 26.2 Å². The number of likely N-dealkylation sites (tertiary alicyclic amines) is 1. The normalized spacial score (nSPS) is 14.5. The van der Waals surface area contributed by atoms with Crippen LogP contribution in [0.3, 0.4) is 0 Å². The van der Waals surface area contributed by atoms with E-state index in [9.17, 15) is 0 Å². The molecule has 7 nitrogen and oxygen atoms in total. The second kappa shape index (κ2) is 9.55. The van der Waals surface area contributed by atoms with Gasteiger partial charge in [0.2, 0.25) is 0 Å². The number of aliphatic imine (C=N–C) groups is 1. The summed E-state index contributed by atoms with van der Waals surface area (Å²) in [5, 5.41) is 7.35. The molecule has 2 aromatic rings. The van der Waals surface area contributed by atoms with Crippen LogP contribution in [0.4, 0.5) is 0 Å². The van der Waals surface area contributed by atoms with Gasteiger partial charge in [0.25, 0.3) is 5.89 Å². The van der Waals surface area contributed by atoms with Crippen molar-refractivity contribution in [1.82, 2.24) is 25.3 Å². The van der Waals surface area contributed by atoms with E-state index in [1.54, 1.807) is 6.20 Å². The minimum atomic E-state index is 0. The van der Waals surface area contributed by atoms with Crippen LogP contribution in [0.15, 0.2) is 33.9 Å². The van der Waals surface area contributed by atoms with Gasteiger partial charge in [0.1, 0.15) is 5.69 Å². The first-order chi connectivity index (χ1) is 11.4. The molecular formula is C16H23IN6O. The van der Waals surface area contributed by atoms with Crippen LogP contribution in [-0.2, 0) is 6.42 Å². The molecule has 0 saturated carbocycles. The van der Waals surface area contributed by atoms with Crippen molar-refractivity contribution in [3.8, 4) is 11.6 Å². The van der Waals surface area contributed by atoms with Crippen molar-refractivity contribution in [3.05, 3.63) is 30.2 Å². The standard InChI is InChI=1S/C16H22N6O.HI/c1-2-17-16(22-11-5-6-12-22)19-10-8-14-20-15(23-21-14)13-7-3-4-9-18-13;/h3-4,7,9H,2,5-6,8,10-12H2,1H3,(H,17,19);1H. The monoisotopic (exact) mass is 442 g/mol. The van der Waals surface area contributed by atoms with E-state index in [4.69, 9.17) is 4.52 Å². The number of halogens is 1. The van der Waals surface area contributed by atoms with E-state index < -0.39 is 0 Å².